The van der Waals surface area contributed by atoms with Crippen LogP contribution in [0.5, 0.6) is 0 Å². The van der Waals surface area contributed by atoms with Crippen LogP contribution in [0.25, 0.3) is 0 Å². The van der Waals surface area contributed by atoms with E-state index in [-0.39, 0.29) is 24.6 Å². The summed E-state index contributed by atoms with van der Waals surface area (Å²) in [6.07, 6.45) is -2.22. The van der Waals surface area contributed by atoms with Gasteiger partial charge in [-0.3, -0.25) is 0 Å². The molecule has 1 heterocycles. The summed E-state index contributed by atoms with van der Waals surface area (Å²) in [4.78, 5) is 1.88. The summed E-state index contributed by atoms with van der Waals surface area (Å²) in [6.45, 7) is 8.00. The maximum Gasteiger partial charge on any atom is 0.390 e. The Morgan fingerprint density at radius 2 is 1.76 bits per heavy atom. The molecule has 2 N–H and O–H groups in total. The van der Waals surface area contributed by atoms with Crippen LogP contribution in [0.15, 0.2) is 0 Å². The highest BCUT2D eigenvalue weighted by Crippen LogP contribution is 2.23. The van der Waals surface area contributed by atoms with E-state index in [4.69, 9.17) is 0 Å². The second-order valence-corrected chi connectivity index (χ2v) is 7.29. The lowest BCUT2D eigenvalue weighted by molar-refractivity contribution is -0.138. The third-order valence-electron chi connectivity index (χ3n) is 3.85. The van der Waals surface area contributed by atoms with Crippen LogP contribution < -0.4 is 5.32 Å². The van der Waals surface area contributed by atoms with E-state index in [2.05, 4.69) is 26.1 Å². The fraction of sp³-hybridized carbons (Fsp3) is 1.00. The summed E-state index contributed by atoms with van der Waals surface area (Å²) >= 11 is 0. The number of aliphatic hydroxyl groups excluding tert-OH is 1. The van der Waals surface area contributed by atoms with Crippen molar-refractivity contribution >= 4 is 0 Å². The van der Waals surface area contributed by atoms with Crippen molar-refractivity contribution in [2.45, 2.75) is 64.7 Å². The Kier molecular flexibility index (Phi) is 6.94. The van der Waals surface area contributed by atoms with E-state index in [9.17, 15) is 18.3 Å². The SMILES string of the molecule is CC(C)(C)CC(CO)NC1CCN(CCC(F)(F)F)CC1. The number of hydrogen-bond donors (Lipinski definition) is 2. The molecule has 0 saturated carbocycles. The van der Waals surface area contributed by atoms with Gasteiger partial charge >= 0.3 is 6.18 Å². The van der Waals surface area contributed by atoms with E-state index in [0.29, 0.717) is 19.1 Å². The zero-order valence-corrected chi connectivity index (χ0v) is 13.3. The molecule has 0 bridgehead atoms. The zero-order valence-electron chi connectivity index (χ0n) is 13.3. The molecule has 126 valence electrons. The number of piperidine rings is 1. The van der Waals surface area contributed by atoms with Gasteiger partial charge < -0.3 is 15.3 Å². The fourth-order valence-electron chi connectivity index (χ4n) is 2.86. The van der Waals surface area contributed by atoms with Gasteiger partial charge in [0.2, 0.25) is 0 Å². The largest absolute Gasteiger partial charge is 0.395 e. The van der Waals surface area contributed by atoms with Gasteiger partial charge in [0.15, 0.2) is 0 Å². The van der Waals surface area contributed by atoms with Crippen molar-refractivity contribution in [1.82, 2.24) is 10.2 Å². The molecule has 0 spiro atoms. The average Bonchev–Trinajstić information content (AvgIpc) is 2.34. The van der Waals surface area contributed by atoms with Crippen LogP contribution in [-0.2, 0) is 0 Å². The van der Waals surface area contributed by atoms with Crippen molar-refractivity contribution < 1.29 is 18.3 Å². The molecule has 1 aliphatic rings. The van der Waals surface area contributed by atoms with Gasteiger partial charge in [-0.1, -0.05) is 20.8 Å². The average molecular weight is 310 g/mol. The van der Waals surface area contributed by atoms with Crippen molar-refractivity contribution in [3.05, 3.63) is 0 Å². The Bertz CT molecular complexity index is 294. The van der Waals surface area contributed by atoms with Crippen molar-refractivity contribution in [1.29, 1.82) is 0 Å². The molecule has 21 heavy (non-hydrogen) atoms. The summed E-state index contributed by atoms with van der Waals surface area (Å²) in [5, 5.41) is 12.9. The first kappa shape index (κ1) is 18.7. The number of halogens is 3. The Balaban J connectivity index is 2.29. The Morgan fingerprint density at radius 1 is 1.19 bits per heavy atom. The quantitative estimate of drug-likeness (QED) is 0.792. The molecule has 1 rings (SSSR count). The first-order valence-electron chi connectivity index (χ1n) is 7.75. The molecular formula is C15H29F3N2O. The van der Waals surface area contributed by atoms with Gasteiger partial charge in [-0.2, -0.15) is 13.2 Å². The second kappa shape index (κ2) is 7.79. The van der Waals surface area contributed by atoms with Gasteiger partial charge in [0.25, 0.3) is 0 Å². The third-order valence-corrected chi connectivity index (χ3v) is 3.85. The predicted octanol–water partition coefficient (Wildman–Crippen LogP) is 2.79. The Morgan fingerprint density at radius 3 is 2.19 bits per heavy atom. The number of nitrogens with zero attached hydrogens (tertiary/aromatic N) is 1. The first-order valence-corrected chi connectivity index (χ1v) is 7.75. The molecule has 1 fully saturated rings. The lowest BCUT2D eigenvalue weighted by Crippen LogP contribution is -2.48. The minimum absolute atomic E-state index is 0.0664. The minimum atomic E-state index is -4.07. The molecular weight excluding hydrogens is 281 g/mol. The molecule has 0 aromatic rings. The monoisotopic (exact) mass is 310 g/mol. The molecule has 6 heteroatoms. The van der Waals surface area contributed by atoms with Crippen molar-refractivity contribution in [2.24, 2.45) is 5.41 Å². The highest BCUT2D eigenvalue weighted by atomic mass is 19.4. The van der Waals surface area contributed by atoms with Gasteiger partial charge in [-0.05, 0) is 37.8 Å². The van der Waals surface area contributed by atoms with E-state index in [1.807, 2.05) is 4.90 Å². The van der Waals surface area contributed by atoms with Gasteiger partial charge in [-0.25, -0.2) is 0 Å². The van der Waals surface area contributed by atoms with E-state index >= 15 is 0 Å². The number of rotatable bonds is 6. The molecule has 1 saturated heterocycles. The Labute approximate surface area is 125 Å². The maximum atomic E-state index is 12.2. The molecule has 0 aromatic carbocycles. The van der Waals surface area contributed by atoms with Crippen LogP contribution in [0.1, 0.15) is 46.5 Å². The molecule has 0 aromatic heterocycles. The zero-order chi connectivity index (χ0) is 16.1. The van der Waals surface area contributed by atoms with Gasteiger partial charge in [-0.15, -0.1) is 0 Å². The molecule has 0 radical (unpaired) electrons. The number of aliphatic hydroxyl groups is 1. The summed E-state index contributed by atoms with van der Waals surface area (Å²) in [7, 11) is 0. The lowest BCUT2D eigenvalue weighted by atomic mass is 9.87. The topological polar surface area (TPSA) is 35.5 Å². The van der Waals surface area contributed by atoms with Crippen LogP contribution in [0.4, 0.5) is 13.2 Å². The standard InChI is InChI=1S/C15H29F3N2O/c1-14(2,3)10-13(11-21)19-12-4-7-20(8-5-12)9-6-15(16,17)18/h12-13,19,21H,4-11H2,1-3H3. The van der Waals surface area contributed by atoms with Crippen LogP contribution in [0.2, 0.25) is 0 Å². The summed E-state index contributed by atoms with van der Waals surface area (Å²) < 4.78 is 36.6. The molecule has 1 unspecified atom stereocenters. The molecule has 0 aliphatic carbocycles. The van der Waals surface area contributed by atoms with Crippen LogP contribution in [0.3, 0.4) is 0 Å². The number of alkyl halides is 3. The van der Waals surface area contributed by atoms with Gasteiger partial charge in [0, 0.05) is 18.6 Å². The first-order chi connectivity index (χ1) is 9.59. The number of hydrogen-bond acceptors (Lipinski definition) is 3. The van der Waals surface area contributed by atoms with Gasteiger partial charge in [0.05, 0.1) is 13.0 Å². The van der Waals surface area contributed by atoms with Crippen molar-refractivity contribution in [2.75, 3.05) is 26.2 Å². The lowest BCUT2D eigenvalue weighted by Gasteiger charge is -2.35. The summed E-state index contributed by atoms with van der Waals surface area (Å²) in [6, 6.07) is 0.364. The highest BCUT2D eigenvalue weighted by Gasteiger charge is 2.29. The van der Waals surface area contributed by atoms with Crippen molar-refractivity contribution in [3.63, 3.8) is 0 Å². The summed E-state index contributed by atoms with van der Waals surface area (Å²) in [5.41, 5.74) is 0.147. The fourth-order valence-corrected chi connectivity index (χ4v) is 2.86. The molecule has 1 atom stereocenters. The van der Waals surface area contributed by atoms with E-state index in [0.717, 1.165) is 19.3 Å². The van der Waals surface area contributed by atoms with Gasteiger partial charge in [0.1, 0.15) is 0 Å². The molecule has 0 amide bonds. The molecule has 1 aliphatic heterocycles. The summed E-state index contributed by atoms with van der Waals surface area (Å²) in [5.74, 6) is 0. The Hall–Kier alpha value is -0.330. The van der Waals surface area contributed by atoms with E-state index in [1.165, 1.54) is 0 Å². The predicted molar refractivity (Wildman–Crippen MR) is 78.2 cm³/mol. The van der Waals surface area contributed by atoms with Crippen LogP contribution in [0, 0.1) is 5.41 Å². The van der Waals surface area contributed by atoms with Crippen molar-refractivity contribution in [3.8, 4) is 0 Å². The number of likely N-dealkylation sites (tertiary alicyclic amines) is 1. The molecule has 3 nitrogen and oxygen atoms in total. The smallest absolute Gasteiger partial charge is 0.390 e. The minimum Gasteiger partial charge on any atom is -0.395 e. The van der Waals surface area contributed by atoms with Crippen LogP contribution >= 0.6 is 0 Å². The van der Waals surface area contributed by atoms with E-state index < -0.39 is 12.6 Å². The third kappa shape index (κ3) is 8.63. The van der Waals surface area contributed by atoms with Crippen LogP contribution in [-0.4, -0.2) is 54.5 Å². The van der Waals surface area contributed by atoms with E-state index in [1.54, 1.807) is 0 Å². The normalized spacial score (nSPS) is 20.7. The highest BCUT2D eigenvalue weighted by molar-refractivity contribution is 4.83. The maximum absolute atomic E-state index is 12.2. The number of nitrogens with one attached hydrogen (secondary N) is 1. The second-order valence-electron chi connectivity index (χ2n) is 7.29.